The highest BCUT2D eigenvalue weighted by molar-refractivity contribution is 5.71. The molecule has 0 N–H and O–H groups in total. The summed E-state index contributed by atoms with van der Waals surface area (Å²) in [6.45, 7) is 4.55. The summed E-state index contributed by atoms with van der Waals surface area (Å²) in [6.07, 6.45) is 10.4. The molecule has 0 fully saturated rings. The van der Waals surface area contributed by atoms with E-state index in [0.29, 0.717) is 17.8 Å². The van der Waals surface area contributed by atoms with Gasteiger partial charge >= 0.3 is 0 Å². The second-order valence-electron chi connectivity index (χ2n) is 9.90. The van der Waals surface area contributed by atoms with Crippen LogP contribution < -0.4 is 0 Å². The van der Waals surface area contributed by atoms with E-state index in [1.54, 1.807) is 0 Å². The van der Waals surface area contributed by atoms with Crippen LogP contribution in [0.3, 0.4) is 0 Å². The second kappa shape index (κ2) is 8.65. The van der Waals surface area contributed by atoms with Crippen molar-refractivity contribution in [1.82, 2.24) is 19.9 Å². The van der Waals surface area contributed by atoms with Gasteiger partial charge in [-0.05, 0) is 66.7 Å². The molecule has 168 valence electrons. The zero-order valence-electron chi connectivity index (χ0n) is 19.7. The summed E-state index contributed by atoms with van der Waals surface area (Å²) in [5, 5.41) is 0. The Balaban J connectivity index is 1.53. The lowest BCUT2D eigenvalue weighted by Crippen LogP contribution is -2.29. The van der Waals surface area contributed by atoms with Crippen LogP contribution in [0.1, 0.15) is 61.9 Å². The number of benzene rings is 1. The highest BCUT2D eigenvalue weighted by Crippen LogP contribution is 2.48. The van der Waals surface area contributed by atoms with Gasteiger partial charge in [0.15, 0.2) is 11.6 Å². The Morgan fingerprint density at radius 3 is 2.59 bits per heavy atom. The monoisotopic (exact) mass is 444 g/mol. The van der Waals surface area contributed by atoms with Crippen LogP contribution in [-0.4, -0.2) is 19.9 Å². The lowest BCUT2D eigenvalue weighted by Gasteiger charge is -2.38. The highest BCUT2D eigenvalue weighted by Gasteiger charge is 2.39. The Morgan fingerprint density at radius 2 is 1.74 bits per heavy atom. The molecule has 4 heteroatoms. The Kier molecular flexibility index (Phi) is 5.34. The molecule has 2 heterocycles. The van der Waals surface area contributed by atoms with Crippen molar-refractivity contribution in [3.8, 4) is 11.4 Å². The summed E-state index contributed by atoms with van der Waals surface area (Å²) in [4.78, 5) is 19.9. The minimum absolute atomic E-state index is 0.203. The van der Waals surface area contributed by atoms with E-state index in [4.69, 9.17) is 19.9 Å². The third-order valence-corrected chi connectivity index (χ3v) is 7.42. The first-order valence-corrected chi connectivity index (χ1v) is 12.3. The van der Waals surface area contributed by atoms with Crippen LogP contribution in [0.25, 0.3) is 22.5 Å². The van der Waals surface area contributed by atoms with Gasteiger partial charge in [0.2, 0.25) is 0 Å². The molecule has 34 heavy (non-hydrogen) atoms. The molecular formula is C30H28N4. The summed E-state index contributed by atoms with van der Waals surface area (Å²) in [5.41, 5.74) is 12.3. The van der Waals surface area contributed by atoms with Crippen molar-refractivity contribution >= 4 is 11.1 Å². The molecule has 0 bridgehead atoms. The minimum atomic E-state index is 0.203. The van der Waals surface area contributed by atoms with Crippen LogP contribution in [0.5, 0.6) is 0 Å². The van der Waals surface area contributed by atoms with Crippen molar-refractivity contribution in [3.63, 3.8) is 0 Å². The lowest BCUT2D eigenvalue weighted by atomic mass is 9.67. The quantitative estimate of drug-likeness (QED) is 0.437. The number of rotatable bonds is 3. The molecule has 0 radical (unpaired) electrons. The maximum absolute atomic E-state index is 5.12. The fourth-order valence-corrected chi connectivity index (χ4v) is 5.58. The summed E-state index contributed by atoms with van der Waals surface area (Å²) < 4.78 is 0. The number of fused-ring (bicyclic) bond motifs is 3. The molecule has 6 rings (SSSR count). The van der Waals surface area contributed by atoms with Crippen molar-refractivity contribution < 1.29 is 0 Å². The van der Waals surface area contributed by atoms with Gasteiger partial charge in [-0.3, -0.25) is 4.98 Å². The number of allylic oxidation sites excluding steroid dienone is 4. The van der Waals surface area contributed by atoms with Crippen LogP contribution in [-0.2, 0) is 6.42 Å². The van der Waals surface area contributed by atoms with Crippen molar-refractivity contribution in [2.75, 3.05) is 0 Å². The van der Waals surface area contributed by atoms with Crippen molar-refractivity contribution in [3.05, 3.63) is 95.2 Å². The molecule has 4 unspecified atom stereocenters. The predicted octanol–water partition coefficient (Wildman–Crippen LogP) is 6.44. The molecule has 0 amide bonds. The molecule has 1 aromatic carbocycles. The molecule has 3 aliphatic rings. The summed E-state index contributed by atoms with van der Waals surface area (Å²) in [6, 6.07) is 14.5. The number of aromatic nitrogens is 4. The number of hydrogen-bond donors (Lipinski definition) is 0. The van der Waals surface area contributed by atoms with Crippen LogP contribution in [0.2, 0.25) is 0 Å². The van der Waals surface area contributed by atoms with Gasteiger partial charge in [-0.1, -0.05) is 67.8 Å². The van der Waals surface area contributed by atoms with Crippen LogP contribution in [0, 0.1) is 17.8 Å². The molecule has 3 aliphatic carbocycles. The van der Waals surface area contributed by atoms with Gasteiger partial charge in [0.05, 0.1) is 11.3 Å². The number of nitrogens with zero attached hydrogens (tertiary/aromatic N) is 4. The van der Waals surface area contributed by atoms with Crippen LogP contribution in [0.4, 0.5) is 0 Å². The van der Waals surface area contributed by atoms with Gasteiger partial charge < -0.3 is 0 Å². The minimum Gasteiger partial charge on any atom is -0.256 e. The molecule has 0 spiro atoms. The first-order valence-electron chi connectivity index (χ1n) is 12.3. The van der Waals surface area contributed by atoms with E-state index < -0.39 is 0 Å². The van der Waals surface area contributed by atoms with Crippen LogP contribution in [0.15, 0.2) is 72.3 Å². The van der Waals surface area contributed by atoms with Crippen molar-refractivity contribution in [2.24, 2.45) is 17.8 Å². The largest absolute Gasteiger partial charge is 0.256 e. The van der Waals surface area contributed by atoms with Gasteiger partial charge in [0.1, 0.15) is 5.82 Å². The van der Waals surface area contributed by atoms with Crippen LogP contribution >= 0.6 is 0 Å². The van der Waals surface area contributed by atoms with E-state index in [-0.39, 0.29) is 5.92 Å². The fourth-order valence-electron chi connectivity index (χ4n) is 5.58. The SMILES string of the molecule is CC1CC=C2c3ncccc3CC(c3nc(C4=C=C=CCC4C)nc(-c4ccccc4)n3)C2C1. The third-order valence-electron chi connectivity index (χ3n) is 7.42. The van der Waals surface area contributed by atoms with E-state index in [0.717, 1.165) is 54.3 Å². The van der Waals surface area contributed by atoms with Gasteiger partial charge in [-0.25, -0.2) is 15.0 Å². The smallest absolute Gasteiger partial charge is 0.168 e. The van der Waals surface area contributed by atoms with E-state index >= 15 is 0 Å². The topological polar surface area (TPSA) is 51.6 Å². The number of pyridine rings is 1. The summed E-state index contributed by atoms with van der Waals surface area (Å²) >= 11 is 0. The molecular weight excluding hydrogens is 416 g/mol. The Bertz CT molecular complexity index is 1370. The maximum atomic E-state index is 5.12. The number of hydrogen-bond acceptors (Lipinski definition) is 4. The molecule has 0 saturated carbocycles. The predicted molar refractivity (Wildman–Crippen MR) is 135 cm³/mol. The molecule has 0 aliphatic heterocycles. The zero-order chi connectivity index (χ0) is 23.1. The average Bonchev–Trinajstić information content (AvgIpc) is 2.88. The first kappa shape index (κ1) is 21.0. The van der Waals surface area contributed by atoms with Gasteiger partial charge in [-0.15, -0.1) is 0 Å². The van der Waals surface area contributed by atoms with E-state index in [1.165, 1.54) is 16.8 Å². The molecule has 4 atom stereocenters. The lowest BCUT2D eigenvalue weighted by molar-refractivity contribution is 0.365. The van der Waals surface area contributed by atoms with Crippen molar-refractivity contribution in [1.29, 1.82) is 0 Å². The van der Waals surface area contributed by atoms with Gasteiger partial charge in [0, 0.05) is 17.7 Å². The molecule has 3 aromatic rings. The normalized spacial score (nSPS) is 25.2. The highest BCUT2D eigenvalue weighted by atomic mass is 15.0. The Morgan fingerprint density at radius 1 is 0.882 bits per heavy atom. The second-order valence-corrected chi connectivity index (χ2v) is 9.90. The zero-order valence-corrected chi connectivity index (χ0v) is 19.7. The standard InChI is InChI=1S/C30H28N4/c1-19-14-15-24-25(17-19)26(18-22-12-8-16-31-27(22)24)30-33-28(21-10-4-3-5-11-21)32-29(34-30)23-13-7-6-9-20(23)2/h3-6,8,10-12,15-16,19-20,25-26H,9,14,17-18H2,1-2H3. The summed E-state index contributed by atoms with van der Waals surface area (Å²) in [5.74, 6) is 3.89. The average molecular weight is 445 g/mol. The molecule has 2 aromatic heterocycles. The first-order chi connectivity index (χ1) is 16.7. The Labute approximate surface area is 200 Å². The van der Waals surface area contributed by atoms with E-state index in [1.807, 2.05) is 36.5 Å². The Hall–Kier alpha value is -3.58. The van der Waals surface area contributed by atoms with E-state index in [2.05, 4.69) is 49.6 Å². The summed E-state index contributed by atoms with van der Waals surface area (Å²) in [7, 11) is 0. The van der Waals surface area contributed by atoms with Gasteiger partial charge in [-0.2, -0.15) is 0 Å². The van der Waals surface area contributed by atoms with Gasteiger partial charge in [0.25, 0.3) is 0 Å². The molecule has 4 nitrogen and oxygen atoms in total. The fraction of sp³-hybridized carbons (Fsp3) is 0.333. The maximum Gasteiger partial charge on any atom is 0.168 e. The van der Waals surface area contributed by atoms with Crippen molar-refractivity contribution in [2.45, 2.75) is 45.4 Å². The molecule has 0 saturated heterocycles. The van der Waals surface area contributed by atoms with E-state index in [9.17, 15) is 0 Å². The third kappa shape index (κ3) is 3.76.